The van der Waals surface area contributed by atoms with E-state index in [0.717, 1.165) is 38.1 Å². The van der Waals surface area contributed by atoms with Gasteiger partial charge in [0.25, 0.3) is 0 Å². The summed E-state index contributed by atoms with van der Waals surface area (Å²) in [7, 11) is 0. The van der Waals surface area contributed by atoms with Gasteiger partial charge in [0.05, 0.1) is 0 Å². The zero-order valence-electron chi connectivity index (χ0n) is 12.4. The van der Waals surface area contributed by atoms with Gasteiger partial charge in [0, 0.05) is 12.6 Å². The van der Waals surface area contributed by atoms with Gasteiger partial charge in [-0.1, -0.05) is 13.0 Å². The third-order valence-electron chi connectivity index (χ3n) is 3.06. The summed E-state index contributed by atoms with van der Waals surface area (Å²) in [5.74, 6) is -2.53. The first-order valence-electron chi connectivity index (χ1n) is 7.09. The second-order valence-corrected chi connectivity index (χ2v) is 4.88. The summed E-state index contributed by atoms with van der Waals surface area (Å²) in [5.41, 5.74) is 1.20. The molecule has 0 aromatic heterocycles. The molecular formula is C15H21NO6. The molecule has 0 saturated carbocycles. The summed E-state index contributed by atoms with van der Waals surface area (Å²) in [6.45, 7) is 4.08. The Bertz CT molecular complexity index is 505. The molecule has 122 valence electrons. The minimum atomic E-state index is -1.82. The number of aryl methyl sites for hydroxylation is 1. The van der Waals surface area contributed by atoms with Gasteiger partial charge in [-0.15, -0.1) is 0 Å². The van der Waals surface area contributed by atoms with E-state index in [2.05, 4.69) is 12.2 Å². The minimum Gasteiger partial charge on any atom is -0.508 e. The molecule has 1 unspecified atom stereocenters. The molecule has 1 aromatic carbocycles. The molecular weight excluding hydrogens is 290 g/mol. The molecule has 1 atom stereocenters. The Labute approximate surface area is 128 Å². The lowest BCUT2D eigenvalue weighted by atomic mass is 10.0. The van der Waals surface area contributed by atoms with Gasteiger partial charge in [0.15, 0.2) is 0 Å². The molecule has 0 fully saturated rings. The minimum absolute atomic E-state index is 0.237. The van der Waals surface area contributed by atoms with Gasteiger partial charge in [-0.2, -0.15) is 0 Å². The van der Waals surface area contributed by atoms with Gasteiger partial charge in [0.1, 0.15) is 17.6 Å². The monoisotopic (exact) mass is 311 g/mol. The Morgan fingerprint density at radius 2 is 2.00 bits per heavy atom. The van der Waals surface area contributed by atoms with Gasteiger partial charge in [-0.05, 0) is 37.4 Å². The first-order valence-corrected chi connectivity index (χ1v) is 7.09. The number of carboxylic acids is 2. The van der Waals surface area contributed by atoms with Crippen molar-refractivity contribution < 1.29 is 29.6 Å². The number of phenolic OH excluding ortho intramolecular Hbond substituents is 1. The van der Waals surface area contributed by atoms with E-state index in [-0.39, 0.29) is 11.9 Å². The molecule has 1 aliphatic heterocycles. The average Bonchev–Trinajstić information content (AvgIpc) is 2.47. The van der Waals surface area contributed by atoms with Crippen LogP contribution in [0.2, 0.25) is 0 Å². The highest BCUT2D eigenvalue weighted by Crippen LogP contribution is 2.30. The van der Waals surface area contributed by atoms with Crippen molar-refractivity contribution in [2.45, 2.75) is 32.3 Å². The number of ether oxygens (including phenoxy) is 1. The quantitative estimate of drug-likeness (QED) is 0.488. The number of aliphatic carboxylic acids is 2. The Hall–Kier alpha value is -2.28. The van der Waals surface area contributed by atoms with Crippen LogP contribution in [-0.2, 0) is 16.0 Å². The Morgan fingerprint density at radius 3 is 2.59 bits per heavy atom. The molecule has 7 nitrogen and oxygen atoms in total. The predicted molar refractivity (Wildman–Crippen MR) is 79.3 cm³/mol. The van der Waals surface area contributed by atoms with Crippen LogP contribution in [0, 0.1) is 0 Å². The standard InChI is InChI=1S/C13H19NO2.C2H2O4/c1-2-7-14-9-12-6-4-10-3-5-11(15)8-13(10)16-12;3-1(4)2(5)6/h3,5,8,12,14-15H,2,4,6-7,9H2,1H3;(H,3,4)(H,5,6). The highest BCUT2D eigenvalue weighted by molar-refractivity contribution is 6.27. The summed E-state index contributed by atoms with van der Waals surface area (Å²) in [5, 5.41) is 27.5. The van der Waals surface area contributed by atoms with Crippen LogP contribution >= 0.6 is 0 Å². The zero-order valence-corrected chi connectivity index (χ0v) is 12.4. The lowest BCUT2D eigenvalue weighted by Gasteiger charge is -2.26. The van der Waals surface area contributed by atoms with Gasteiger partial charge in [-0.3, -0.25) is 0 Å². The summed E-state index contributed by atoms with van der Waals surface area (Å²) in [6.07, 6.45) is 3.47. The number of fused-ring (bicyclic) bond motifs is 1. The number of carbonyl (C=O) groups is 2. The first-order chi connectivity index (χ1) is 10.4. The van der Waals surface area contributed by atoms with Crippen LogP contribution in [-0.4, -0.2) is 46.5 Å². The van der Waals surface area contributed by atoms with E-state index in [0.29, 0.717) is 0 Å². The van der Waals surface area contributed by atoms with Crippen molar-refractivity contribution in [3.05, 3.63) is 23.8 Å². The molecule has 0 bridgehead atoms. The van der Waals surface area contributed by atoms with Crippen LogP contribution in [0.5, 0.6) is 11.5 Å². The zero-order chi connectivity index (χ0) is 16.5. The number of benzene rings is 1. The molecule has 1 aromatic rings. The van der Waals surface area contributed by atoms with Crippen LogP contribution in [0.3, 0.4) is 0 Å². The topological polar surface area (TPSA) is 116 Å². The number of rotatable bonds is 4. The van der Waals surface area contributed by atoms with Crippen molar-refractivity contribution in [3.8, 4) is 11.5 Å². The molecule has 4 N–H and O–H groups in total. The van der Waals surface area contributed by atoms with Crippen LogP contribution < -0.4 is 10.1 Å². The van der Waals surface area contributed by atoms with E-state index in [1.54, 1.807) is 12.1 Å². The predicted octanol–water partition coefficient (Wildman–Crippen LogP) is 1.24. The van der Waals surface area contributed by atoms with Crippen molar-refractivity contribution in [3.63, 3.8) is 0 Å². The van der Waals surface area contributed by atoms with Gasteiger partial charge < -0.3 is 25.4 Å². The average molecular weight is 311 g/mol. The summed E-state index contributed by atoms with van der Waals surface area (Å²) >= 11 is 0. The molecule has 0 saturated heterocycles. The summed E-state index contributed by atoms with van der Waals surface area (Å²) in [4.78, 5) is 18.2. The third-order valence-corrected chi connectivity index (χ3v) is 3.06. The molecule has 0 spiro atoms. The highest BCUT2D eigenvalue weighted by atomic mass is 16.5. The van der Waals surface area contributed by atoms with Gasteiger partial charge >= 0.3 is 11.9 Å². The molecule has 1 aliphatic rings. The maximum Gasteiger partial charge on any atom is 0.414 e. The van der Waals surface area contributed by atoms with Crippen molar-refractivity contribution in [1.29, 1.82) is 0 Å². The first kappa shape index (κ1) is 17.8. The normalized spacial score (nSPS) is 15.8. The second-order valence-electron chi connectivity index (χ2n) is 4.88. The van der Waals surface area contributed by atoms with Crippen molar-refractivity contribution in [1.82, 2.24) is 5.32 Å². The van der Waals surface area contributed by atoms with Crippen LogP contribution in [0.15, 0.2) is 18.2 Å². The second kappa shape index (κ2) is 8.89. The number of hydrogen-bond acceptors (Lipinski definition) is 5. The van der Waals surface area contributed by atoms with Crippen LogP contribution in [0.25, 0.3) is 0 Å². The largest absolute Gasteiger partial charge is 0.508 e. The number of aromatic hydroxyl groups is 1. The van der Waals surface area contributed by atoms with Crippen molar-refractivity contribution in [2.75, 3.05) is 13.1 Å². The fourth-order valence-electron chi connectivity index (χ4n) is 2.00. The molecule has 1 heterocycles. The molecule has 22 heavy (non-hydrogen) atoms. The maximum absolute atomic E-state index is 9.39. The summed E-state index contributed by atoms with van der Waals surface area (Å²) < 4.78 is 5.84. The Kier molecular flexibility index (Phi) is 7.18. The Balaban J connectivity index is 0.000000346. The Morgan fingerprint density at radius 1 is 1.32 bits per heavy atom. The number of carboxylic acid groups (broad SMARTS) is 2. The molecule has 0 amide bonds. The van der Waals surface area contributed by atoms with E-state index in [4.69, 9.17) is 24.5 Å². The lowest BCUT2D eigenvalue weighted by Crippen LogP contribution is -2.34. The van der Waals surface area contributed by atoms with Crippen molar-refractivity contribution >= 4 is 11.9 Å². The van der Waals surface area contributed by atoms with E-state index in [9.17, 15) is 5.11 Å². The molecule has 7 heteroatoms. The van der Waals surface area contributed by atoms with Crippen LogP contribution in [0.1, 0.15) is 25.3 Å². The lowest BCUT2D eigenvalue weighted by molar-refractivity contribution is -0.159. The number of phenols is 1. The fourth-order valence-corrected chi connectivity index (χ4v) is 2.00. The molecule has 2 rings (SSSR count). The SMILES string of the molecule is CCCNCC1CCc2ccc(O)cc2O1.O=C(O)C(=O)O. The number of nitrogens with one attached hydrogen (secondary N) is 1. The van der Waals surface area contributed by atoms with Crippen molar-refractivity contribution in [2.24, 2.45) is 0 Å². The summed E-state index contributed by atoms with van der Waals surface area (Å²) in [6, 6.07) is 5.37. The third kappa shape index (κ3) is 6.01. The van der Waals surface area contributed by atoms with E-state index in [1.165, 1.54) is 5.56 Å². The maximum atomic E-state index is 9.39. The van der Waals surface area contributed by atoms with E-state index >= 15 is 0 Å². The van der Waals surface area contributed by atoms with Gasteiger partial charge in [0.2, 0.25) is 0 Å². The molecule has 0 aliphatic carbocycles. The fraction of sp³-hybridized carbons (Fsp3) is 0.467. The van der Waals surface area contributed by atoms with E-state index in [1.807, 2.05) is 6.07 Å². The van der Waals surface area contributed by atoms with Crippen LogP contribution in [0.4, 0.5) is 0 Å². The van der Waals surface area contributed by atoms with E-state index < -0.39 is 11.9 Å². The highest BCUT2D eigenvalue weighted by Gasteiger charge is 2.19. The van der Waals surface area contributed by atoms with Gasteiger partial charge in [-0.25, -0.2) is 9.59 Å². The number of hydrogen-bond donors (Lipinski definition) is 4. The molecule has 0 radical (unpaired) electrons. The smallest absolute Gasteiger partial charge is 0.414 e.